The van der Waals surface area contributed by atoms with E-state index in [9.17, 15) is 0 Å². The number of hydrogen-bond donors (Lipinski definition) is 1. The molecular weight excluding hydrogens is 224 g/mol. The average Bonchev–Trinajstić information content (AvgIpc) is 2.71. The molecule has 0 amide bonds. The summed E-state index contributed by atoms with van der Waals surface area (Å²) in [6.45, 7) is 5.35. The summed E-state index contributed by atoms with van der Waals surface area (Å²) in [5.74, 6) is 1.00. The van der Waals surface area contributed by atoms with Crippen molar-refractivity contribution in [1.82, 2.24) is 10.2 Å². The molecule has 0 bridgehead atoms. The first kappa shape index (κ1) is 13.1. The Bertz CT molecular complexity index is 471. The van der Waals surface area contributed by atoms with E-state index in [0.29, 0.717) is 6.04 Å². The van der Waals surface area contributed by atoms with Crippen molar-refractivity contribution in [2.24, 2.45) is 0 Å². The van der Waals surface area contributed by atoms with Crippen LogP contribution in [0, 0.1) is 0 Å². The summed E-state index contributed by atoms with van der Waals surface area (Å²) in [5.41, 5.74) is 0.960. The Morgan fingerprint density at radius 1 is 1.22 bits per heavy atom. The van der Waals surface area contributed by atoms with Crippen molar-refractivity contribution in [2.75, 3.05) is 20.6 Å². The number of nitrogens with zero attached hydrogens (tertiary/aromatic N) is 1. The van der Waals surface area contributed by atoms with Gasteiger partial charge in [0, 0.05) is 18.0 Å². The highest BCUT2D eigenvalue weighted by molar-refractivity contribution is 5.77. The highest BCUT2D eigenvalue weighted by Gasteiger charge is 2.14. The number of likely N-dealkylation sites (N-methyl/N-ethyl adjacent to an activating group) is 1. The molecule has 0 radical (unpaired) electrons. The summed E-state index contributed by atoms with van der Waals surface area (Å²) < 4.78 is 5.86. The van der Waals surface area contributed by atoms with Crippen molar-refractivity contribution < 1.29 is 4.42 Å². The molecule has 0 fully saturated rings. The van der Waals surface area contributed by atoms with Gasteiger partial charge in [-0.15, -0.1) is 0 Å². The fourth-order valence-corrected chi connectivity index (χ4v) is 2.33. The molecule has 2 rings (SSSR count). The minimum Gasteiger partial charge on any atom is -0.459 e. The molecule has 0 saturated carbocycles. The lowest BCUT2D eigenvalue weighted by Crippen LogP contribution is -2.37. The number of furan rings is 1. The summed E-state index contributed by atoms with van der Waals surface area (Å²) in [5, 5.41) is 4.72. The van der Waals surface area contributed by atoms with Gasteiger partial charge in [0.15, 0.2) is 0 Å². The second kappa shape index (κ2) is 5.55. The second-order valence-electron chi connectivity index (χ2n) is 5.24. The number of hydrogen-bond acceptors (Lipinski definition) is 3. The van der Waals surface area contributed by atoms with Gasteiger partial charge in [0.25, 0.3) is 0 Å². The normalized spacial score (nSPS) is 15.2. The number of nitrogens with one attached hydrogen (secondary N) is 1. The predicted molar refractivity (Wildman–Crippen MR) is 75.8 cm³/mol. The Balaban J connectivity index is 2.06. The number of fused-ring (bicyclic) bond motifs is 1. The SMILES string of the molecule is CC(CN(C)C)NC(C)c1cc2ccccc2o1. The van der Waals surface area contributed by atoms with Crippen LogP contribution in [-0.4, -0.2) is 31.6 Å². The molecule has 2 unspecified atom stereocenters. The number of benzene rings is 1. The maximum Gasteiger partial charge on any atom is 0.134 e. The van der Waals surface area contributed by atoms with E-state index in [1.165, 1.54) is 5.39 Å². The predicted octanol–water partition coefficient (Wildman–Crippen LogP) is 3.03. The molecule has 0 aliphatic rings. The second-order valence-corrected chi connectivity index (χ2v) is 5.24. The van der Waals surface area contributed by atoms with Crippen LogP contribution in [0.25, 0.3) is 11.0 Å². The molecule has 1 aromatic heterocycles. The highest BCUT2D eigenvalue weighted by atomic mass is 16.3. The Labute approximate surface area is 109 Å². The van der Waals surface area contributed by atoms with Crippen LogP contribution in [-0.2, 0) is 0 Å². The van der Waals surface area contributed by atoms with Crippen LogP contribution >= 0.6 is 0 Å². The van der Waals surface area contributed by atoms with E-state index in [1.54, 1.807) is 0 Å². The molecule has 2 aromatic rings. The molecule has 3 nitrogen and oxygen atoms in total. The van der Waals surface area contributed by atoms with Gasteiger partial charge in [0.05, 0.1) is 6.04 Å². The minimum atomic E-state index is 0.229. The van der Waals surface area contributed by atoms with E-state index in [0.717, 1.165) is 17.9 Å². The van der Waals surface area contributed by atoms with Gasteiger partial charge < -0.3 is 14.6 Å². The lowest BCUT2D eigenvalue weighted by Gasteiger charge is -2.21. The van der Waals surface area contributed by atoms with Crippen molar-refractivity contribution in [3.63, 3.8) is 0 Å². The first-order valence-electron chi connectivity index (χ1n) is 6.45. The van der Waals surface area contributed by atoms with Gasteiger partial charge in [0.2, 0.25) is 0 Å². The van der Waals surface area contributed by atoms with Crippen molar-refractivity contribution in [2.45, 2.75) is 25.9 Å². The average molecular weight is 246 g/mol. The minimum absolute atomic E-state index is 0.229. The van der Waals surface area contributed by atoms with E-state index in [1.807, 2.05) is 18.2 Å². The Hall–Kier alpha value is -1.32. The van der Waals surface area contributed by atoms with Crippen LogP contribution in [0.3, 0.4) is 0 Å². The van der Waals surface area contributed by atoms with Crippen LogP contribution in [0.2, 0.25) is 0 Å². The molecule has 98 valence electrons. The van der Waals surface area contributed by atoms with Gasteiger partial charge in [-0.2, -0.15) is 0 Å². The van der Waals surface area contributed by atoms with Gasteiger partial charge in [-0.05, 0) is 40.1 Å². The molecule has 0 saturated heterocycles. The summed E-state index contributed by atoms with van der Waals surface area (Å²) in [4.78, 5) is 2.18. The van der Waals surface area contributed by atoms with Crippen molar-refractivity contribution in [3.05, 3.63) is 36.1 Å². The largest absolute Gasteiger partial charge is 0.459 e. The maximum absolute atomic E-state index is 5.86. The lowest BCUT2D eigenvalue weighted by atomic mass is 10.2. The van der Waals surface area contributed by atoms with Crippen LogP contribution in [0.15, 0.2) is 34.7 Å². The summed E-state index contributed by atoms with van der Waals surface area (Å²) >= 11 is 0. The molecule has 0 aliphatic carbocycles. The van der Waals surface area contributed by atoms with Gasteiger partial charge in [-0.3, -0.25) is 0 Å². The third-order valence-electron chi connectivity index (χ3n) is 3.04. The third kappa shape index (κ3) is 3.12. The molecule has 0 aliphatic heterocycles. The quantitative estimate of drug-likeness (QED) is 0.879. The van der Waals surface area contributed by atoms with Crippen LogP contribution in [0.4, 0.5) is 0 Å². The van der Waals surface area contributed by atoms with E-state index in [-0.39, 0.29) is 6.04 Å². The Morgan fingerprint density at radius 2 is 1.94 bits per heavy atom. The first-order valence-corrected chi connectivity index (χ1v) is 6.45. The van der Waals surface area contributed by atoms with E-state index >= 15 is 0 Å². The van der Waals surface area contributed by atoms with Crippen molar-refractivity contribution in [3.8, 4) is 0 Å². The lowest BCUT2D eigenvalue weighted by molar-refractivity contribution is 0.322. The van der Waals surface area contributed by atoms with Gasteiger partial charge in [-0.1, -0.05) is 18.2 Å². The summed E-state index contributed by atoms with van der Waals surface area (Å²) in [7, 11) is 4.17. The smallest absolute Gasteiger partial charge is 0.134 e. The zero-order valence-corrected chi connectivity index (χ0v) is 11.6. The van der Waals surface area contributed by atoms with E-state index in [2.05, 4.69) is 50.3 Å². The third-order valence-corrected chi connectivity index (χ3v) is 3.04. The highest BCUT2D eigenvalue weighted by Crippen LogP contribution is 2.23. The molecule has 1 aromatic carbocycles. The van der Waals surface area contributed by atoms with Gasteiger partial charge >= 0.3 is 0 Å². The van der Waals surface area contributed by atoms with Crippen molar-refractivity contribution >= 4 is 11.0 Å². The van der Waals surface area contributed by atoms with Crippen LogP contribution in [0.1, 0.15) is 25.6 Å². The standard InChI is InChI=1S/C15H22N2O/c1-11(10-17(3)4)16-12(2)15-9-13-7-5-6-8-14(13)18-15/h5-9,11-12,16H,10H2,1-4H3. The fourth-order valence-electron chi connectivity index (χ4n) is 2.33. The zero-order valence-electron chi connectivity index (χ0n) is 11.6. The number of para-hydroxylation sites is 1. The monoisotopic (exact) mass is 246 g/mol. The van der Waals surface area contributed by atoms with Crippen LogP contribution < -0.4 is 5.32 Å². The Kier molecular flexibility index (Phi) is 4.04. The maximum atomic E-state index is 5.86. The fraction of sp³-hybridized carbons (Fsp3) is 0.467. The molecule has 1 N–H and O–H groups in total. The molecule has 1 heterocycles. The van der Waals surface area contributed by atoms with E-state index in [4.69, 9.17) is 4.42 Å². The molecule has 18 heavy (non-hydrogen) atoms. The van der Waals surface area contributed by atoms with Crippen LogP contribution in [0.5, 0.6) is 0 Å². The van der Waals surface area contributed by atoms with Gasteiger partial charge in [0.1, 0.15) is 11.3 Å². The molecule has 0 spiro atoms. The summed E-state index contributed by atoms with van der Waals surface area (Å²) in [6.07, 6.45) is 0. The first-order chi connectivity index (χ1) is 8.56. The zero-order chi connectivity index (χ0) is 13.1. The Morgan fingerprint density at radius 3 is 2.61 bits per heavy atom. The van der Waals surface area contributed by atoms with Crippen molar-refractivity contribution in [1.29, 1.82) is 0 Å². The molecule has 3 heteroatoms. The van der Waals surface area contributed by atoms with Gasteiger partial charge in [-0.25, -0.2) is 0 Å². The molecular formula is C15H22N2O. The molecule has 2 atom stereocenters. The number of rotatable bonds is 5. The topological polar surface area (TPSA) is 28.4 Å². The van der Waals surface area contributed by atoms with E-state index < -0.39 is 0 Å². The summed E-state index contributed by atoms with van der Waals surface area (Å²) in [6, 6.07) is 10.9.